The Morgan fingerprint density at radius 3 is 2.76 bits per heavy atom. The van der Waals surface area contributed by atoms with Gasteiger partial charge in [0, 0.05) is 11.0 Å². The maximum Gasteiger partial charge on any atom is 0.123 e. The van der Waals surface area contributed by atoms with Gasteiger partial charge in [0.1, 0.15) is 5.82 Å². The van der Waals surface area contributed by atoms with E-state index in [1.807, 2.05) is 19.9 Å². The van der Waals surface area contributed by atoms with Gasteiger partial charge in [0.15, 0.2) is 0 Å². The maximum absolute atomic E-state index is 13.1. The molecule has 0 amide bonds. The minimum Gasteiger partial charge on any atom is -0.379 e. The van der Waals surface area contributed by atoms with Crippen LogP contribution in [-0.4, -0.2) is 23.7 Å². The number of hydrogen-bond acceptors (Lipinski definition) is 2. The predicted octanol–water partition coefficient (Wildman–Crippen LogP) is 3.74. The quantitative estimate of drug-likeness (QED) is 0.550. The fourth-order valence-corrected chi connectivity index (χ4v) is 2.23. The Kier molecular flexibility index (Phi) is 6.99. The molecule has 1 aromatic rings. The van der Waals surface area contributed by atoms with E-state index in [1.54, 1.807) is 6.07 Å². The summed E-state index contributed by atoms with van der Waals surface area (Å²) in [4.78, 5) is 0. The third-order valence-electron chi connectivity index (χ3n) is 2.31. The molecule has 0 bridgehead atoms. The first-order valence-electron chi connectivity index (χ1n) is 5.72. The Bertz CT molecular complexity index is 333. The van der Waals surface area contributed by atoms with Crippen LogP contribution >= 0.6 is 22.6 Å². The van der Waals surface area contributed by atoms with Crippen molar-refractivity contribution in [3.8, 4) is 0 Å². The molecular weight excluding hydrogens is 334 g/mol. The Morgan fingerprint density at radius 1 is 1.41 bits per heavy atom. The van der Waals surface area contributed by atoms with E-state index in [1.165, 1.54) is 12.1 Å². The third kappa shape index (κ3) is 5.31. The number of alkyl halides is 1. The highest BCUT2D eigenvalue weighted by atomic mass is 127. The molecule has 0 radical (unpaired) electrons. The van der Waals surface area contributed by atoms with Crippen LogP contribution in [-0.2, 0) is 9.47 Å². The summed E-state index contributed by atoms with van der Waals surface area (Å²) in [6.07, 6.45) is -0.0697. The summed E-state index contributed by atoms with van der Waals surface area (Å²) in [6.45, 7) is 5.17. The highest BCUT2D eigenvalue weighted by Gasteiger charge is 2.15. The second-order valence-electron chi connectivity index (χ2n) is 3.80. The fourth-order valence-electron chi connectivity index (χ4n) is 1.51. The van der Waals surface area contributed by atoms with Crippen molar-refractivity contribution in [1.82, 2.24) is 0 Å². The summed E-state index contributed by atoms with van der Waals surface area (Å²) in [5, 5.41) is 0. The van der Waals surface area contributed by atoms with Crippen LogP contribution < -0.4 is 0 Å². The molecule has 2 nitrogen and oxygen atoms in total. The van der Waals surface area contributed by atoms with E-state index in [-0.39, 0.29) is 18.0 Å². The summed E-state index contributed by atoms with van der Waals surface area (Å²) in [7, 11) is 0. The molecule has 0 fully saturated rings. The van der Waals surface area contributed by atoms with Crippen molar-refractivity contribution in [3.05, 3.63) is 35.6 Å². The van der Waals surface area contributed by atoms with Crippen molar-refractivity contribution in [3.63, 3.8) is 0 Å². The van der Waals surface area contributed by atoms with Crippen LogP contribution in [0.1, 0.15) is 25.5 Å². The lowest BCUT2D eigenvalue weighted by atomic mass is 10.1. The van der Waals surface area contributed by atoms with Crippen molar-refractivity contribution in [2.24, 2.45) is 0 Å². The standard InChI is InChI=1S/C13H18FIO2/c1-3-16-9-10(2)17-13(8-15)11-5-4-6-12(14)7-11/h4-7,10,13H,3,8-9H2,1-2H3. The van der Waals surface area contributed by atoms with Gasteiger partial charge in [0.05, 0.1) is 18.8 Å². The SMILES string of the molecule is CCOCC(C)OC(CI)c1cccc(F)c1. The predicted molar refractivity (Wildman–Crippen MR) is 75.1 cm³/mol. The number of halogens is 2. The number of rotatable bonds is 7. The lowest BCUT2D eigenvalue weighted by molar-refractivity contribution is -0.0378. The summed E-state index contributed by atoms with van der Waals surface area (Å²) < 4.78 is 25.1. The molecule has 0 saturated heterocycles. The van der Waals surface area contributed by atoms with Gasteiger partial charge in [-0.3, -0.25) is 0 Å². The molecule has 1 rings (SSSR count). The van der Waals surface area contributed by atoms with Gasteiger partial charge in [-0.05, 0) is 31.5 Å². The molecule has 0 N–H and O–H groups in total. The van der Waals surface area contributed by atoms with Crippen LogP contribution in [0.5, 0.6) is 0 Å². The van der Waals surface area contributed by atoms with E-state index in [4.69, 9.17) is 9.47 Å². The lowest BCUT2D eigenvalue weighted by Gasteiger charge is -2.21. The lowest BCUT2D eigenvalue weighted by Crippen LogP contribution is -2.20. The minimum absolute atomic E-state index is 0.0120. The number of ether oxygens (including phenoxy) is 2. The zero-order valence-electron chi connectivity index (χ0n) is 10.2. The highest BCUT2D eigenvalue weighted by molar-refractivity contribution is 14.1. The summed E-state index contributed by atoms with van der Waals surface area (Å²) in [6, 6.07) is 6.56. The van der Waals surface area contributed by atoms with Gasteiger partial charge in [0.25, 0.3) is 0 Å². The molecule has 96 valence electrons. The molecule has 4 heteroatoms. The Morgan fingerprint density at radius 2 is 2.18 bits per heavy atom. The molecule has 0 spiro atoms. The van der Waals surface area contributed by atoms with E-state index >= 15 is 0 Å². The van der Waals surface area contributed by atoms with Gasteiger partial charge in [0.2, 0.25) is 0 Å². The summed E-state index contributed by atoms with van der Waals surface area (Å²) >= 11 is 2.25. The zero-order chi connectivity index (χ0) is 12.7. The summed E-state index contributed by atoms with van der Waals surface area (Å²) in [5.41, 5.74) is 0.878. The van der Waals surface area contributed by atoms with Crippen molar-refractivity contribution >= 4 is 22.6 Å². The normalized spacial score (nSPS) is 14.6. The van der Waals surface area contributed by atoms with Gasteiger partial charge in [-0.2, -0.15) is 0 Å². The van der Waals surface area contributed by atoms with Crippen molar-refractivity contribution in [1.29, 1.82) is 0 Å². The van der Waals surface area contributed by atoms with E-state index < -0.39 is 0 Å². The van der Waals surface area contributed by atoms with Crippen LogP contribution in [0.15, 0.2) is 24.3 Å². The van der Waals surface area contributed by atoms with Crippen molar-refractivity contribution in [2.75, 3.05) is 17.6 Å². The monoisotopic (exact) mass is 352 g/mol. The van der Waals surface area contributed by atoms with Crippen LogP contribution in [0.4, 0.5) is 4.39 Å². The summed E-state index contributed by atoms with van der Waals surface area (Å²) in [5.74, 6) is -0.224. The van der Waals surface area contributed by atoms with Gasteiger partial charge < -0.3 is 9.47 Å². The van der Waals surface area contributed by atoms with Crippen molar-refractivity contribution < 1.29 is 13.9 Å². The topological polar surface area (TPSA) is 18.5 Å². The third-order valence-corrected chi connectivity index (χ3v) is 3.11. The van der Waals surface area contributed by atoms with E-state index in [0.29, 0.717) is 13.2 Å². The maximum atomic E-state index is 13.1. The minimum atomic E-state index is -0.224. The van der Waals surface area contributed by atoms with Crippen LogP contribution in [0.2, 0.25) is 0 Å². The molecule has 17 heavy (non-hydrogen) atoms. The Hall–Kier alpha value is -0.200. The smallest absolute Gasteiger partial charge is 0.123 e. The van der Waals surface area contributed by atoms with Gasteiger partial charge >= 0.3 is 0 Å². The first-order valence-corrected chi connectivity index (χ1v) is 7.24. The fraction of sp³-hybridized carbons (Fsp3) is 0.538. The van der Waals surface area contributed by atoms with Gasteiger partial charge in [-0.1, -0.05) is 34.7 Å². The molecule has 0 aliphatic rings. The van der Waals surface area contributed by atoms with Crippen LogP contribution in [0, 0.1) is 5.82 Å². The van der Waals surface area contributed by atoms with E-state index in [2.05, 4.69) is 22.6 Å². The molecule has 1 aromatic carbocycles. The molecule has 2 unspecified atom stereocenters. The molecule has 0 aliphatic carbocycles. The van der Waals surface area contributed by atoms with E-state index in [0.717, 1.165) is 9.99 Å². The van der Waals surface area contributed by atoms with E-state index in [9.17, 15) is 4.39 Å². The molecule has 0 aliphatic heterocycles. The Labute approximate surface area is 116 Å². The molecule has 0 heterocycles. The van der Waals surface area contributed by atoms with Crippen LogP contribution in [0.25, 0.3) is 0 Å². The van der Waals surface area contributed by atoms with Gasteiger partial charge in [-0.15, -0.1) is 0 Å². The average Bonchev–Trinajstić information content (AvgIpc) is 2.33. The van der Waals surface area contributed by atoms with Crippen LogP contribution in [0.3, 0.4) is 0 Å². The zero-order valence-corrected chi connectivity index (χ0v) is 12.3. The highest BCUT2D eigenvalue weighted by Crippen LogP contribution is 2.22. The first-order chi connectivity index (χ1) is 8.17. The van der Waals surface area contributed by atoms with Crippen molar-refractivity contribution in [2.45, 2.75) is 26.1 Å². The molecule has 2 atom stereocenters. The second kappa shape index (κ2) is 8.00. The van der Waals surface area contributed by atoms with Gasteiger partial charge in [-0.25, -0.2) is 4.39 Å². The molecular formula is C13H18FIO2. The number of hydrogen-bond donors (Lipinski definition) is 0. The Balaban J connectivity index is 2.59. The first kappa shape index (κ1) is 14.9. The largest absolute Gasteiger partial charge is 0.379 e. The molecule has 0 aromatic heterocycles. The number of benzene rings is 1. The average molecular weight is 352 g/mol. The molecule has 0 saturated carbocycles. The second-order valence-corrected chi connectivity index (χ2v) is 4.68.